The minimum Gasteiger partial charge on any atom is -0.345 e. The van der Waals surface area contributed by atoms with Crippen molar-refractivity contribution in [3.8, 4) is 0 Å². The molecule has 0 aromatic heterocycles. The normalized spacial score (nSPS) is 12.2. The van der Waals surface area contributed by atoms with Crippen molar-refractivity contribution in [2.45, 2.75) is 32.7 Å². The number of amides is 1. The molecule has 174 valence electrons. The van der Waals surface area contributed by atoms with E-state index in [1.165, 1.54) is 4.31 Å². The molecule has 1 atom stereocenters. The summed E-state index contributed by atoms with van der Waals surface area (Å²) in [6, 6.07) is 22.7. The van der Waals surface area contributed by atoms with Crippen LogP contribution in [0.5, 0.6) is 0 Å². The van der Waals surface area contributed by atoms with Crippen LogP contribution in [-0.2, 0) is 14.8 Å². The number of nitrogens with one attached hydrogen (secondary N) is 1. The van der Waals surface area contributed by atoms with E-state index >= 15 is 0 Å². The Morgan fingerprint density at radius 1 is 0.970 bits per heavy atom. The fourth-order valence-electron chi connectivity index (χ4n) is 3.84. The fraction of sp³-hybridized carbons (Fsp3) is 0.269. The number of nitrogens with zero attached hydrogens (tertiary/aromatic N) is 1. The molecule has 33 heavy (non-hydrogen) atoms. The molecule has 0 spiro atoms. The predicted octanol–water partition coefficient (Wildman–Crippen LogP) is 5.41. The second kappa shape index (κ2) is 10.9. The molecule has 0 saturated carbocycles. The number of hydrogen-bond acceptors (Lipinski definition) is 3. The van der Waals surface area contributed by atoms with Crippen LogP contribution in [0.25, 0.3) is 0 Å². The van der Waals surface area contributed by atoms with E-state index in [2.05, 4.69) is 5.32 Å². The quantitative estimate of drug-likeness (QED) is 0.441. The van der Waals surface area contributed by atoms with E-state index in [1.807, 2.05) is 61.5 Å². The van der Waals surface area contributed by atoms with Gasteiger partial charge in [-0.2, -0.15) is 0 Å². The SMILES string of the molecule is Cc1ccccc1C(NC(=O)CCCN(c1cccc(Cl)c1C)S(C)(=O)=O)c1ccccc1. The van der Waals surface area contributed by atoms with E-state index < -0.39 is 10.0 Å². The number of carbonyl (C=O) groups is 1. The zero-order chi connectivity index (χ0) is 24.0. The second-order valence-electron chi connectivity index (χ2n) is 8.09. The van der Waals surface area contributed by atoms with Crippen LogP contribution in [0.15, 0.2) is 72.8 Å². The van der Waals surface area contributed by atoms with Crippen molar-refractivity contribution in [2.24, 2.45) is 0 Å². The van der Waals surface area contributed by atoms with Gasteiger partial charge in [0.2, 0.25) is 15.9 Å². The number of rotatable bonds is 9. The molecule has 1 amide bonds. The van der Waals surface area contributed by atoms with Crippen molar-refractivity contribution in [3.05, 3.63) is 100 Å². The van der Waals surface area contributed by atoms with Gasteiger partial charge in [0, 0.05) is 18.0 Å². The topological polar surface area (TPSA) is 66.5 Å². The Kier molecular flexibility index (Phi) is 8.16. The average Bonchev–Trinajstić information content (AvgIpc) is 2.78. The minimum absolute atomic E-state index is 0.136. The van der Waals surface area contributed by atoms with Crippen LogP contribution < -0.4 is 9.62 Å². The molecule has 1 N–H and O–H groups in total. The molecule has 0 heterocycles. The van der Waals surface area contributed by atoms with Crippen molar-refractivity contribution in [1.82, 2.24) is 5.32 Å². The first kappa shape index (κ1) is 24.8. The van der Waals surface area contributed by atoms with Crippen molar-refractivity contribution < 1.29 is 13.2 Å². The van der Waals surface area contributed by atoms with Gasteiger partial charge in [0.1, 0.15) is 0 Å². The van der Waals surface area contributed by atoms with Gasteiger partial charge < -0.3 is 5.32 Å². The van der Waals surface area contributed by atoms with Gasteiger partial charge in [-0.1, -0.05) is 72.3 Å². The molecule has 0 radical (unpaired) electrons. The maximum atomic E-state index is 12.9. The first-order valence-corrected chi connectivity index (χ1v) is 13.0. The molecule has 0 fully saturated rings. The number of carbonyl (C=O) groups excluding carboxylic acids is 1. The van der Waals surface area contributed by atoms with Gasteiger partial charge in [-0.25, -0.2) is 8.42 Å². The van der Waals surface area contributed by atoms with Crippen LogP contribution in [-0.4, -0.2) is 27.1 Å². The number of sulfonamides is 1. The lowest BCUT2D eigenvalue weighted by Gasteiger charge is -2.25. The highest BCUT2D eigenvalue weighted by atomic mass is 35.5. The van der Waals surface area contributed by atoms with E-state index in [0.717, 1.165) is 22.9 Å². The van der Waals surface area contributed by atoms with Gasteiger partial charge >= 0.3 is 0 Å². The Labute approximate surface area is 201 Å². The lowest BCUT2D eigenvalue weighted by molar-refractivity contribution is -0.121. The molecular weight excluding hydrogens is 456 g/mol. The van der Waals surface area contributed by atoms with Gasteiger partial charge in [-0.05, 0) is 54.7 Å². The second-order valence-corrected chi connectivity index (χ2v) is 10.4. The monoisotopic (exact) mass is 484 g/mol. The predicted molar refractivity (Wildman–Crippen MR) is 135 cm³/mol. The first-order chi connectivity index (χ1) is 15.7. The summed E-state index contributed by atoms with van der Waals surface area (Å²) < 4.78 is 26.2. The molecule has 7 heteroatoms. The van der Waals surface area contributed by atoms with Crippen LogP contribution in [0, 0.1) is 13.8 Å². The standard InChI is InChI=1S/C26H29ClN2O3S/c1-19-11-7-8-14-22(19)26(21-12-5-4-6-13-21)28-25(30)17-10-18-29(33(3,31)32)24-16-9-15-23(27)20(24)2/h4-9,11-16,26H,10,17-18H2,1-3H3,(H,28,30). The van der Waals surface area contributed by atoms with Crippen molar-refractivity contribution >= 4 is 33.2 Å². The first-order valence-electron chi connectivity index (χ1n) is 10.8. The van der Waals surface area contributed by atoms with Crippen LogP contribution in [0.2, 0.25) is 5.02 Å². The number of anilines is 1. The fourth-order valence-corrected chi connectivity index (χ4v) is 5.03. The molecule has 3 rings (SSSR count). The smallest absolute Gasteiger partial charge is 0.232 e. The zero-order valence-electron chi connectivity index (χ0n) is 19.1. The average molecular weight is 485 g/mol. The molecule has 3 aromatic carbocycles. The third-order valence-electron chi connectivity index (χ3n) is 5.61. The van der Waals surface area contributed by atoms with Gasteiger partial charge in [-0.3, -0.25) is 9.10 Å². The van der Waals surface area contributed by atoms with Gasteiger partial charge in [-0.15, -0.1) is 0 Å². The highest BCUT2D eigenvalue weighted by Gasteiger charge is 2.22. The van der Waals surface area contributed by atoms with Crippen molar-refractivity contribution in [2.75, 3.05) is 17.1 Å². The molecule has 0 aliphatic heterocycles. The summed E-state index contributed by atoms with van der Waals surface area (Å²) in [5.41, 5.74) is 4.34. The largest absolute Gasteiger partial charge is 0.345 e. The Balaban J connectivity index is 1.73. The van der Waals surface area contributed by atoms with Crippen LogP contribution in [0.4, 0.5) is 5.69 Å². The summed E-state index contributed by atoms with van der Waals surface area (Å²) >= 11 is 6.19. The molecule has 5 nitrogen and oxygen atoms in total. The van der Waals surface area contributed by atoms with Crippen molar-refractivity contribution in [3.63, 3.8) is 0 Å². The minimum atomic E-state index is -3.53. The lowest BCUT2D eigenvalue weighted by Crippen LogP contribution is -2.33. The van der Waals surface area contributed by atoms with Crippen LogP contribution in [0.3, 0.4) is 0 Å². The lowest BCUT2D eigenvalue weighted by atomic mass is 9.95. The Hall–Kier alpha value is -2.83. The number of halogens is 1. The number of benzene rings is 3. The molecular formula is C26H29ClN2O3S. The van der Waals surface area contributed by atoms with E-state index in [-0.39, 0.29) is 24.9 Å². The summed E-state index contributed by atoms with van der Waals surface area (Å²) in [6.07, 6.45) is 1.73. The van der Waals surface area contributed by atoms with Gasteiger partial charge in [0.05, 0.1) is 18.0 Å². The molecule has 0 saturated heterocycles. The van der Waals surface area contributed by atoms with E-state index in [1.54, 1.807) is 25.1 Å². The highest BCUT2D eigenvalue weighted by molar-refractivity contribution is 7.92. The van der Waals surface area contributed by atoms with Crippen LogP contribution in [0.1, 0.15) is 41.1 Å². The molecule has 0 aliphatic rings. The number of hydrogen-bond donors (Lipinski definition) is 1. The highest BCUT2D eigenvalue weighted by Crippen LogP contribution is 2.29. The van der Waals surface area contributed by atoms with E-state index in [4.69, 9.17) is 11.6 Å². The third kappa shape index (κ3) is 6.36. The maximum Gasteiger partial charge on any atom is 0.232 e. The Bertz CT molecular complexity index is 1210. The van der Waals surface area contributed by atoms with Gasteiger partial charge in [0.25, 0.3) is 0 Å². The summed E-state index contributed by atoms with van der Waals surface area (Å²) in [5.74, 6) is -0.136. The molecule has 0 bridgehead atoms. The van der Waals surface area contributed by atoms with Gasteiger partial charge in [0.15, 0.2) is 0 Å². The van der Waals surface area contributed by atoms with E-state index in [9.17, 15) is 13.2 Å². The summed E-state index contributed by atoms with van der Waals surface area (Å²) in [5, 5.41) is 3.64. The third-order valence-corrected chi connectivity index (χ3v) is 7.20. The molecule has 1 unspecified atom stereocenters. The molecule has 0 aliphatic carbocycles. The maximum absolute atomic E-state index is 12.9. The summed E-state index contributed by atoms with van der Waals surface area (Å²) in [4.78, 5) is 12.9. The molecule has 3 aromatic rings. The zero-order valence-corrected chi connectivity index (χ0v) is 20.7. The summed E-state index contributed by atoms with van der Waals surface area (Å²) in [7, 11) is -3.53. The Morgan fingerprint density at radius 3 is 2.30 bits per heavy atom. The Morgan fingerprint density at radius 2 is 1.64 bits per heavy atom. The van der Waals surface area contributed by atoms with Crippen molar-refractivity contribution in [1.29, 1.82) is 0 Å². The summed E-state index contributed by atoms with van der Waals surface area (Å²) in [6.45, 7) is 4.00. The van der Waals surface area contributed by atoms with E-state index in [0.29, 0.717) is 22.7 Å². The number of aryl methyl sites for hydroxylation is 1. The van der Waals surface area contributed by atoms with Crippen LogP contribution >= 0.6 is 11.6 Å².